The number of hydrogen-bond donors (Lipinski definition) is 1. The van der Waals surface area contributed by atoms with Crippen LogP contribution in [0.3, 0.4) is 0 Å². The molecule has 0 aliphatic heterocycles. The maximum Gasteiger partial charge on any atom is 0.136 e. The molecule has 1 heterocycles. The average molecular weight is 276 g/mol. The highest BCUT2D eigenvalue weighted by Crippen LogP contribution is 2.39. The fourth-order valence-electron chi connectivity index (χ4n) is 2.21. The Hall–Kier alpha value is -1.32. The highest BCUT2D eigenvalue weighted by molar-refractivity contribution is 5.49. The van der Waals surface area contributed by atoms with Crippen molar-refractivity contribution in [1.29, 1.82) is 0 Å². The minimum atomic E-state index is 0.592. The van der Waals surface area contributed by atoms with E-state index in [2.05, 4.69) is 49.1 Å². The zero-order valence-corrected chi connectivity index (χ0v) is 13.3. The van der Waals surface area contributed by atoms with Gasteiger partial charge in [-0.25, -0.2) is 9.97 Å². The number of rotatable bonds is 8. The molecule has 1 aromatic rings. The van der Waals surface area contributed by atoms with E-state index in [1.54, 1.807) is 0 Å². The Kier molecular flexibility index (Phi) is 5.21. The van der Waals surface area contributed by atoms with Crippen molar-refractivity contribution in [2.45, 2.75) is 52.4 Å². The van der Waals surface area contributed by atoms with Crippen molar-refractivity contribution in [2.24, 2.45) is 5.92 Å². The molecule has 1 N–H and O–H groups in total. The second-order valence-electron chi connectivity index (χ2n) is 6.06. The van der Waals surface area contributed by atoms with Gasteiger partial charge in [-0.05, 0) is 25.2 Å². The summed E-state index contributed by atoms with van der Waals surface area (Å²) in [5, 5.41) is 3.40. The molecule has 0 radical (unpaired) electrons. The molecular formula is C16H28N4. The molecule has 1 aliphatic carbocycles. The van der Waals surface area contributed by atoms with Gasteiger partial charge in [-0.15, -0.1) is 0 Å². The molecule has 4 nitrogen and oxygen atoms in total. The number of nitrogens with zero attached hydrogens (tertiary/aromatic N) is 3. The summed E-state index contributed by atoms with van der Waals surface area (Å²) in [6.07, 6.45) is 4.80. The highest BCUT2D eigenvalue weighted by atomic mass is 15.2. The molecule has 1 unspecified atom stereocenters. The summed E-state index contributed by atoms with van der Waals surface area (Å²) in [6.45, 7) is 8.71. The predicted molar refractivity (Wildman–Crippen MR) is 85.5 cm³/mol. The van der Waals surface area contributed by atoms with Gasteiger partial charge in [0.1, 0.15) is 17.5 Å². The van der Waals surface area contributed by atoms with Crippen molar-refractivity contribution in [3.63, 3.8) is 0 Å². The lowest BCUT2D eigenvalue weighted by Crippen LogP contribution is -2.25. The first-order chi connectivity index (χ1) is 9.63. The molecule has 0 amide bonds. The fourth-order valence-corrected chi connectivity index (χ4v) is 2.21. The van der Waals surface area contributed by atoms with E-state index in [1.807, 2.05) is 0 Å². The van der Waals surface area contributed by atoms with Crippen LogP contribution >= 0.6 is 0 Å². The van der Waals surface area contributed by atoms with Crippen molar-refractivity contribution in [1.82, 2.24) is 9.97 Å². The molecular weight excluding hydrogens is 248 g/mol. The predicted octanol–water partition coefficient (Wildman–Crippen LogP) is 3.66. The number of aromatic nitrogens is 2. The van der Waals surface area contributed by atoms with E-state index in [9.17, 15) is 0 Å². The van der Waals surface area contributed by atoms with Crippen LogP contribution in [0.15, 0.2) is 6.07 Å². The second-order valence-corrected chi connectivity index (χ2v) is 6.06. The third-order valence-corrected chi connectivity index (χ3v) is 3.90. The van der Waals surface area contributed by atoms with E-state index < -0.39 is 0 Å². The summed E-state index contributed by atoms with van der Waals surface area (Å²) in [6, 6.07) is 2.09. The van der Waals surface area contributed by atoms with Crippen LogP contribution in [-0.4, -0.2) is 30.1 Å². The number of hydrogen-bond acceptors (Lipinski definition) is 4. The zero-order chi connectivity index (χ0) is 14.5. The quantitative estimate of drug-likeness (QED) is 0.786. The van der Waals surface area contributed by atoms with Crippen LogP contribution in [0.5, 0.6) is 0 Å². The Morgan fingerprint density at radius 1 is 1.35 bits per heavy atom. The Morgan fingerprint density at radius 3 is 2.70 bits per heavy atom. The summed E-state index contributed by atoms with van der Waals surface area (Å²) < 4.78 is 0. The van der Waals surface area contributed by atoms with Gasteiger partial charge in [0.25, 0.3) is 0 Å². The molecule has 0 spiro atoms. The van der Waals surface area contributed by atoms with Gasteiger partial charge in [0.05, 0.1) is 0 Å². The van der Waals surface area contributed by atoms with Gasteiger partial charge in [-0.1, -0.05) is 27.2 Å². The van der Waals surface area contributed by atoms with Crippen LogP contribution in [0, 0.1) is 5.92 Å². The molecule has 1 fully saturated rings. The van der Waals surface area contributed by atoms with Crippen LogP contribution in [0.1, 0.15) is 58.2 Å². The Bertz CT molecular complexity index is 428. The standard InChI is InChI=1S/C16H28N4/c1-5-9-17-14-10-15(20(4)11-12(3)6-2)19-16(18-14)13-7-8-13/h10,12-13H,5-9,11H2,1-4H3,(H,17,18,19). The van der Waals surface area contributed by atoms with Gasteiger partial charge in [-0.2, -0.15) is 0 Å². The van der Waals surface area contributed by atoms with E-state index in [0.29, 0.717) is 11.8 Å². The molecule has 1 aromatic heterocycles. The molecule has 1 saturated carbocycles. The van der Waals surface area contributed by atoms with Gasteiger partial charge >= 0.3 is 0 Å². The highest BCUT2D eigenvalue weighted by Gasteiger charge is 2.27. The third-order valence-electron chi connectivity index (χ3n) is 3.90. The molecule has 0 bridgehead atoms. The molecule has 0 saturated heterocycles. The maximum atomic E-state index is 4.77. The lowest BCUT2D eigenvalue weighted by Gasteiger charge is -2.22. The molecule has 0 aromatic carbocycles. The molecule has 20 heavy (non-hydrogen) atoms. The van der Waals surface area contributed by atoms with Gasteiger partial charge < -0.3 is 10.2 Å². The van der Waals surface area contributed by atoms with Gasteiger partial charge in [-0.3, -0.25) is 0 Å². The molecule has 1 atom stereocenters. The smallest absolute Gasteiger partial charge is 0.136 e. The van der Waals surface area contributed by atoms with E-state index in [1.165, 1.54) is 19.3 Å². The lowest BCUT2D eigenvalue weighted by molar-refractivity contribution is 0.557. The van der Waals surface area contributed by atoms with Crippen LogP contribution in [0.2, 0.25) is 0 Å². The maximum absolute atomic E-state index is 4.77. The summed E-state index contributed by atoms with van der Waals surface area (Å²) in [4.78, 5) is 11.7. The van der Waals surface area contributed by atoms with Crippen molar-refractivity contribution in [3.05, 3.63) is 11.9 Å². The summed E-state index contributed by atoms with van der Waals surface area (Å²) in [5.41, 5.74) is 0. The number of anilines is 2. The van der Waals surface area contributed by atoms with E-state index in [-0.39, 0.29) is 0 Å². The lowest BCUT2D eigenvalue weighted by atomic mass is 10.1. The monoisotopic (exact) mass is 276 g/mol. The van der Waals surface area contributed by atoms with Crippen molar-refractivity contribution in [2.75, 3.05) is 30.4 Å². The van der Waals surface area contributed by atoms with Gasteiger partial charge in [0.2, 0.25) is 0 Å². The van der Waals surface area contributed by atoms with E-state index in [0.717, 1.165) is 37.0 Å². The normalized spacial score (nSPS) is 16.0. The Labute approximate surface area is 123 Å². The first-order valence-electron chi connectivity index (χ1n) is 7.98. The third kappa shape index (κ3) is 4.09. The second kappa shape index (κ2) is 6.91. The molecule has 2 rings (SSSR count). The molecule has 4 heteroatoms. The zero-order valence-electron chi connectivity index (χ0n) is 13.3. The topological polar surface area (TPSA) is 41.0 Å². The van der Waals surface area contributed by atoms with Crippen molar-refractivity contribution in [3.8, 4) is 0 Å². The van der Waals surface area contributed by atoms with Crippen LogP contribution in [-0.2, 0) is 0 Å². The van der Waals surface area contributed by atoms with Crippen molar-refractivity contribution < 1.29 is 0 Å². The minimum Gasteiger partial charge on any atom is -0.370 e. The van der Waals surface area contributed by atoms with Gasteiger partial charge in [0.15, 0.2) is 0 Å². The molecule has 112 valence electrons. The first kappa shape index (κ1) is 15.1. The average Bonchev–Trinajstić information content (AvgIpc) is 3.29. The summed E-state index contributed by atoms with van der Waals surface area (Å²) in [7, 11) is 2.13. The Morgan fingerprint density at radius 2 is 2.10 bits per heavy atom. The van der Waals surface area contributed by atoms with E-state index >= 15 is 0 Å². The van der Waals surface area contributed by atoms with Crippen LogP contribution in [0.4, 0.5) is 11.6 Å². The van der Waals surface area contributed by atoms with Crippen LogP contribution in [0.25, 0.3) is 0 Å². The van der Waals surface area contributed by atoms with Crippen LogP contribution < -0.4 is 10.2 Å². The van der Waals surface area contributed by atoms with E-state index in [4.69, 9.17) is 4.98 Å². The molecule has 1 aliphatic rings. The van der Waals surface area contributed by atoms with Gasteiger partial charge in [0, 0.05) is 32.1 Å². The first-order valence-corrected chi connectivity index (χ1v) is 7.98. The summed E-state index contributed by atoms with van der Waals surface area (Å²) in [5.74, 6) is 4.34. The Balaban J connectivity index is 2.15. The number of nitrogens with one attached hydrogen (secondary N) is 1. The largest absolute Gasteiger partial charge is 0.370 e. The fraction of sp³-hybridized carbons (Fsp3) is 0.750. The SMILES string of the molecule is CCCNc1cc(N(C)CC(C)CC)nc(C2CC2)n1. The summed E-state index contributed by atoms with van der Waals surface area (Å²) >= 11 is 0. The minimum absolute atomic E-state index is 0.592. The van der Waals surface area contributed by atoms with Crippen molar-refractivity contribution >= 4 is 11.6 Å².